The maximum Gasteiger partial charge on any atom is 0.210 e. The van der Waals surface area contributed by atoms with E-state index in [-0.39, 0.29) is 0 Å². The molecule has 0 aliphatic carbocycles. The summed E-state index contributed by atoms with van der Waals surface area (Å²) >= 11 is 0. The van der Waals surface area contributed by atoms with Crippen molar-refractivity contribution >= 4 is 0 Å². The summed E-state index contributed by atoms with van der Waals surface area (Å²) < 4.78 is 1.97. The van der Waals surface area contributed by atoms with E-state index in [4.69, 9.17) is 5.11 Å². The van der Waals surface area contributed by atoms with Gasteiger partial charge in [0.25, 0.3) is 0 Å². The monoisotopic (exact) mass is 138 g/mol. The van der Waals surface area contributed by atoms with Crippen LogP contribution in [0, 0.1) is 0 Å². The topological polar surface area (TPSA) is 24.1 Å². The molecule has 0 radical (unpaired) electrons. The molecule has 0 aliphatic heterocycles. The second-order valence-corrected chi connectivity index (χ2v) is 2.30. The Morgan fingerprint density at radius 2 is 2.40 bits per heavy atom. The lowest BCUT2D eigenvalue weighted by Crippen LogP contribution is -2.31. The summed E-state index contributed by atoms with van der Waals surface area (Å²) in [6, 6.07) is 3.51. The van der Waals surface area contributed by atoms with Crippen molar-refractivity contribution in [1.29, 1.82) is 0 Å². The maximum absolute atomic E-state index is 9.02. The fraction of sp³-hybridized carbons (Fsp3) is 0.375. The molecule has 0 fully saturated rings. The number of pyridine rings is 1. The van der Waals surface area contributed by atoms with Crippen molar-refractivity contribution in [3.8, 4) is 5.75 Å². The molecule has 2 nitrogen and oxygen atoms in total. The molecule has 0 amide bonds. The molecule has 0 atom stereocenters. The molecule has 1 aromatic rings. The van der Waals surface area contributed by atoms with Crippen LogP contribution < -0.4 is 4.57 Å². The highest BCUT2D eigenvalue weighted by Crippen LogP contribution is 1.99. The standard InChI is InChI=1S/C8H11NO/c1-2-5-9-6-3-4-8(10)7-9/h3-4,6-7H,2,5H2,1H3/p+1. The van der Waals surface area contributed by atoms with Crippen LogP contribution in [0.3, 0.4) is 0 Å². The Kier molecular flexibility index (Phi) is 2.26. The van der Waals surface area contributed by atoms with Gasteiger partial charge in [-0.3, -0.25) is 0 Å². The smallest absolute Gasteiger partial charge is 0.210 e. The quantitative estimate of drug-likeness (QED) is 0.608. The lowest BCUT2D eigenvalue weighted by atomic mass is 10.4. The Hall–Kier alpha value is -1.05. The average molecular weight is 138 g/mol. The molecule has 0 saturated heterocycles. The second kappa shape index (κ2) is 3.20. The molecule has 0 bridgehead atoms. The number of hydrogen-bond donors (Lipinski definition) is 1. The van der Waals surface area contributed by atoms with Crippen LogP contribution in [-0.4, -0.2) is 5.11 Å². The van der Waals surface area contributed by atoms with E-state index in [1.807, 2.05) is 16.8 Å². The van der Waals surface area contributed by atoms with Crippen LogP contribution in [-0.2, 0) is 6.54 Å². The van der Waals surface area contributed by atoms with E-state index in [2.05, 4.69) is 6.92 Å². The van der Waals surface area contributed by atoms with Crippen molar-refractivity contribution in [2.45, 2.75) is 19.9 Å². The molecule has 1 heterocycles. The zero-order valence-corrected chi connectivity index (χ0v) is 6.12. The van der Waals surface area contributed by atoms with Crippen molar-refractivity contribution in [1.82, 2.24) is 0 Å². The van der Waals surface area contributed by atoms with Crippen molar-refractivity contribution < 1.29 is 9.67 Å². The summed E-state index contributed by atoms with van der Waals surface area (Å²) in [7, 11) is 0. The fourth-order valence-corrected chi connectivity index (χ4v) is 0.905. The normalized spacial score (nSPS) is 9.70. The summed E-state index contributed by atoms with van der Waals surface area (Å²) in [5.41, 5.74) is 0. The van der Waals surface area contributed by atoms with E-state index in [1.54, 1.807) is 12.3 Å². The van der Waals surface area contributed by atoms with Crippen LogP contribution in [0.1, 0.15) is 13.3 Å². The molecule has 0 aliphatic rings. The Bertz CT molecular complexity index is 210. The van der Waals surface area contributed by atoms with E-state index in [0.717, 1.165) is 13.0 Å². The van der Waals surface area contributed by atoms with Crippen molar-refractivity contribution in [3.05, 3.63) is 24.5 Å². The van der Waals surface area contributed by atoms with Gasteiger partial charge in [-0.05, 0) is 6.07 Å². The number of aryl methyl sites for hydroxylation is 1. The van der Waals surface area contributed by atoms with Gasteiger partial charge < -0.3 is 5.11 Å². The second-order valence-electron chi connectivity index (χ2n) is 2.30. The highest BCUT2D eigenvalue weighted by Gasteiger charge is 1.97. The highest BCUT2D eigenvalue weighted by molar-refractivity contribution is 5.09. The first kappa shape index (κ1) is 7.06. The minimum atomic E-state index is 0.330. The number of aromatic hydroxyl groups is 1. The van der Waals surface area contributed by atoms with E-state index < -0.39 is 0 Å². The minimum absolute atomic E-state index is 0.330. The summed E-state index contributed by atoms with van der Waals surface area (Å²) in [6.45, 7) is 3.07. The molecule has 0 spiro atoms. The van der Waals surface area contributed by atoms with Gasteiger partial charge in [-0.15, -0.1) is 0 Å². The third kappa shape index (κ3) is 1.72. The number of rotatable bonds is 2. The van der Waals surface area contributed by atoms with Gasteiger partial charge in [0.2, 0.25) is 6.20 Å². The van der Waals surface area contributed by atoms with Gasteiger partial charge in [0.1, 0.15) is 6.54 Å². The van der Waals surface area contributed by atoms with Crippen molar-refractivity contribution in [2.75, 3.05) is 0 Å². The Labute approximate surface area is 60.8 Å². The van der Waals surface area contributed by atoms with Gasteiger partial charge in [-0.2, -0.15) is 0 Å². The van der Waals surface area contributed by atoms with Crippen LogP contribution >= 0.6 is 0 Å². The molecule has 0 unspecified atom stereocenters. The van der Waals surface area contributed by atoms with Crippen LogP contribution in [0.25, 0.3) is 0 Å². The van der Waals surface area contributed by atoms with Gasteiger partial charge in [0.05, 0.1) is 0 Å². The molecule has 1 rings (SSSR count). The zero-order chi connectivity index (χ0) is 7.40. The summed E-state index contributed by atoms with van der Waals surface area (Å²) in [6.07, 6.45) is 4.76. The molecule has 2 heteroatoms. The number of aromatic nitrogens is 1. The van der Waals surface area contributed by atoms with E-state index >= 15 is 0 Å². The van der Waals surface area contributed by atoms with Gasteiger partial charge in [0.15, 0.2) is 11.9 Å². The number of nitrogens with zero attached hydrogens (tertiary/aromatic N) is 1. The lowest BCUT2D eigenvalue weighted by molar-refractivity contribution is -0.697. The van der Waals surface area contributed by atoms with Gasteiger partial charge in [-0.1, -0.05) is 6.92 Å². The third-order valence-corrected chi connectivity index (χ3v) is 1.32. The maximum atomic E-state index is 9.02. The van der Waals surface area contributed by atoms with Crippen LogP contribution in [0.5, 0.6) is 5.75 Å². The zero-order valence-electron chi connectivity index (χ0n) is 6.12. The highest BCUT2D eigenvalue weighted by atomic mass is 16.3. The molecule has 54 valence electrons. The van der Waals surface area contributed by atoms with E-state index in [1.165, 1.54) is 0 Å². The lowest BCUT2D eigenvalue weighted by Gasteiger charge is -1.92. The Morgan fingerprint density at radius 3 is 3.00 bits per heavy atom. The average Bonchev–Trinajstić information content (AvgIpc) is 1.88. The molecule has 0 saturated carbocycles. The molecular formula is C8H12NO+. The fourth-order valence-electron chi connectivity index (χ4n) is 0.905. The molecule has 1 aromatic heterocycles. The Morgan fingerprint density at radius 1 is 1.60 bits per heavy atom. The first-order chi connectivity index (χ1) is 4.83. The van der Waals surface area contributed by atoms with E-state index in [9.17, 15) is 0 Å². The predicted molar refractivity (Wildman–Crippen MR) is 38.6 cm³/mol. The van der Waals surface area contributed by atoms with Crippen LogP contribution in [0.15, 0.2) is 24.5 Å². The van der Waals surface area contributed by atoms with Gasteiger partial charge >= 0.3 is 0 Å². The Balaban J connectivity index is 2.75. The first-order valence-electron chi connectivity index (χ1n) is 3.51. The van der Waals surface area contributed by atoms with Gasteiger partial charge in [-0.25, -0.2) is 4.57 Å². The van der Waals surface area contributed by atoms with Crippen molar-refractivity contribution in [2.24, 2.45) is 0 Å². The molecule has 1 N–H and O–H groups in total. The third-order valence-electron chi connectivity index (χ3n) is 1.32. The van der Waals surface area contributed by atoms with Crippen LogP contribution in [0.2, 0.25) is 0 Å². The SMILES string of the molecule is CCC[n+]1cccc(O)c1. The molecule has 0 aromatic carbocycles. The van der Waals surface area contributed by atoms with E-state index in [0.29, 0.717) is 5.75 Å². The summed E-state index contributed by atoms with van der Waals surface area (Å²) in [4.78, 5) is 0. The first-order valence-corrected chi connectivity index (χ1v) is 3.51. The van der Waals surface area contributed by atoms with Crippen LogP contribution in [0.4, 0.5) is 0 Å². The molecular weight excluding hydrogens is 126 g/mol. The minimum Gasteiger partial charge on any atom is -0.503 e. The largest absolute Gasteiger partial charge is 0.503 e. The van der Waals surface area contributed by atoms with Crippen molar-refractivity contribution in [3.63, 3.8) is 0 Å². The summed E-state index contributed by atoms with van der Waals surface area (Å²) in [5, 5.41) is 9.02. The van der Waals surface area contributed by atoms with Gasteiger partial charge in [0, 0.05) is 12.5 Å². The predicted octanol–water partition coefficient (Wildman–Crippen LogP) is 1.09. The summed E-state index contributed by atoms with van der Waals surface area (Å²) in [5.74, 6) is 0.330. The number of hydrogen-bond acceptors (Lipinski definition) is 1. The molecule has 10 heavy (non-hydrogen) atoms.